The Hall–Kier alpha value is -2.50. The number of nitrogens with one attached hydrogen (secondary N) is 1. The molecule has 22 heavy (non-hydrogen) atoms. The summed E-state index contributed by atoms with van der Waals surface area (Å²) in [5, 5.41) is 3.94. The number of halogens is 3. The fourth-order valence-electron chi connectivity index (χ4n) is 1.80. The maximum Gasteiger partial charge on any atom is 0.416 e. The first-order chi connectivity index (χ1) is 10.5. The largest absolute Gasteiger partial charge is 0.494 e. The van der Waals surface area contributed by atoms with Crippen LogP contribution in [0.15, 0.2) is 53.6 Å². The third-order valence-corrected chi connectivity index (χ3v) is 2.77. The van der Waals surface area contributed by atoms with Crippen molar-refractivity contribution < 1.29 is 17.9 Å². The molecule has 2 aromatic rings. The molecule has 0 radical (unpaired) electrons. The van der Waals surface area contributed by atoms with Crippen molar-refractivity contribution in [3.8, 4) is 5.75 Å². The number of nitrogens with zero attached hydrogens (tertiary/aromatic N) is 1. The van der Waals surface area contributed by atoms with Crippen LogP contribution in [0.3, 0.4) is 0 Å². The minimum Gasteiger partial charge on any atom is -0.494 e. The van der Waals surface area contributed by atoms with Gasteiger partial charge in [-0.25, -0.2) is 0 Å². The molecule has 6 heteroatoms. The van der Waals surface area contributed by atoms with Crippen LogP contribution in [-0.2, 0) is 6.18 Å². The molecule has 0 saturated carbocycles. The zero-order chi connectivity index (χ0) is 16.0. The highest BCUT2D eigenvalue weighted by molar-refractivity contribution is 5.80. The maximum atomic E-state index is 12.6. The SMILES string of the molecule is CCOc1cccc(C=NNc2cccc(C(F)(F)F)c2)c1. The highest BCUT2D eigenvalue weighted by Gasteiger charge is 2.30. The van der Waals surface area contributed by atoms with E-state index < -0.39 is 11.7 Å². The average molecular weight is 308 g/mol. The Kier molecular flexibility index (Phi) is 5.04. The maximum absolute atomic E-state index is 12.6. The van der Waals surface area contributed by atoms with Crippen molar-refractivity contribution in [1.82, 2.24) is 0 Å². The molecule has 1 N–H and O–H groups in total. The minimum absolute atomic E-state index is 0.270. The van der Waals surface area contributed by atoms with Crippen LogP contribution in [0.4, 0.5) is 18.9 Å². The van der Waals surface area contributed by atoms with Gasteiger partial charge in [0.05, 0.1) is 24.1 Å². The smallest absolute Gasteiger partial charge is 0.416 e. The molecule has 0 aliphatic heterocycles. The number of hydrazone groups is 1. The summed E-state index contributed by atoms with van der Waals surface area (Å²) >= 11 is 0. The van der Waals surface area contributed by atoms with E-state index in [2.05, 4.69) is 10.5 Å². The van der Waals surface area contributed by atoms with E-state index in [4.69, 9.17) is 4.74 Å². The second-order valence-electron chi connectivity index (χ2n) is 4.45. The summed E-state index contributed by atoms with van der Waals surface area (Å²) in [5.74, 6) is 0.713. The normalized spacial score (nSPS) is 11.6. The summed E-state index contributed by atoms with van der Waals surface area (Å²) in [6.07, 6.45) is -2.85. The third-order valence-electron chi connectivity index (χ3n) is 2.77. The zero-order valence-corrected chi connectivity index (χ0v) is 11.9. The van der Waals surface area contributed by atoms with Gasteiger partial charge in [-0.1, -0.05) is 18.2 Å². The van der Waals surface area contributed by atoms with E-state index in [1.807, 2.05) is 25.1 Å². The molecular formula is C16H15F3N2O. The van der Waals surface area contributed by atoms with Crippen molar-refractivity contribution in [3.63, 3.8) is 0 Å². The number of ether oxygens (including phenoxy) is 1. The standard InChI is InChI=1S/C16H15F3N2O/c1-2-22-15-8-3-5-12(9-15)11-20-21-14-7-4-6-13(10-14)16(17,18)19/h3-11,21H,2H2,1H3. The van der Waals surface area contributed by atoms with E-state index in [0.29, 0.717) is 12.4 Å². The lowest BCUT2D eigenvalue weighted by Crippen LogP contribution is -2.05. The molecule has 0 fully saturated rings. The van der Waals surface area contributed by atoms with E-state index >= 15 is 0 Å². The van der Waals surface area contributed by atoms with Gasteiger partial charge in [-0.05, 0) is 42.8 Å². The number of hydrogen-bond donors (Lipinski definition) is 1. The quantitative estimate of drug-likeness (QED) is 0.649. The van der Waals surface area contributed by atoms with Gasteiger partial charge in [-0.15, -0.1) is 0 Å². The first kappa shape index (κ1) is 15.9. The van der Waals surface area contributed by atoms with Gasteiger partial charge >= 0.3 is 6.18 Å². The molecule has 0 saturated heterocycles. The third kappa shape index (κ3) is 4.51. The topological polar surface area (TPSA) is 33.6 Å². The molecule has 2 rings (SSSR count). The minimum atomic E-state index is -4.37. The Morgan fingerprint density at radius 2 is 1.91 bits per heavy atom. The molecule has 0 spiro atoms. The van der Waals surface area contributed by atoms with Crippen molar-refractivity contribution in [3.05, 3.63) is 59.7 Å². The van der Waals surface area contributed by atoms with Gasteiger partial charge in [0.25, 0.3) is 0 Å². The first-order valence-electron chi connectivity index (χ1n) is 6.68. The Morgan fingerprint density at radius 3 is 2.64 bits per heavy atom. The summed E-state index contributed by atoms with van der Waals surface area (Å²) in [7, 11) is 0. The van der Waals surface area contributed by atoms with Crippen LogP contribution in [0.2, 0.25) is 0 Å². The van der Waals surface area contributed by atoms with Gasteiger partial charge < -0.3 is 4.74 Å². The van der Waals surface area contributed by atoms with Gasteiger partial charge in [0.1, 0.15) is 5.75 Å². The van der Waals surface area contributed by atoms with Crippen LogP contribution in [0, 0.1) is 0 Å². The highest BCUT2D eigenvalue weighted by atomic mass is 19.4. The summed E-state index contributed by atoms with van der Waals surface area (Å²) in [4.78, 5) is 0. The molecule has 3 nitrogen and oxygen atoms in total. The lowest BCUT2D eigenvalue weighted by molar-refractivity contribution is -0.137. The molecule has 0 amide bonds. The van der Waals surface area contributed by atoms with Gasteiger partial charge in [0.2, 0.25) is 0 Å². The van der Waals surface area contributed by atoms with Crippen LogP contribution in [0.5, 0.6) is 5.75 Å². The summed E-state index contributed by atoms with van der Waals surface area (Å²) in [6.45, 7) is 2.44. The molecule has 0 atom stereocenters. The molecule has 0 aromatic heterocycles. The number of hydrogen-bond acceptors (Lipinski definition) is 3. The number of anilines is 1. The van der Waals surface area contributed by atoms with Crippen molar-refractivity contribution >= 4 is 11.9 Å². The van der Waals surface area contributed by atoms with Crippen LogP contribution in [-0.4, -0.2) is 12.8 Å². The van der Waals surface area contributed by atoms with Crippen LogP contribution >= 0.6 is 0 Å². The van der Waals surface area contributed by atoms with E-state index in [-0.39, 0.29) is 5.69 Å². The Bertz CT molecular complexity index is 654. The van der Waals surface area contributed by atoms with Crippen molar-refractivity contribution in [2.75, 3.05) is 12.0 Å². The Labute approximate surface area is 126 Å². The predicted molar refractivity (Wildman–Crippen MR) is 80.3 cm³/mol. The number of rotatable bonds is 5. The van der Waals surface area contributed by atoms with E-state index in [0.717, 1.165) is 17.7 Å². The van der Waals surface area contributed by atoms with Crippen molar-refractivity contribution in [1.29, 1.82) is 0 Å². The second-order valence-corrected chi connectivity index (χ2v) is 4.45. The summed E-state index contributed by atoms with van der Waals surface area (Å²) in [5.41, 5.74) is 2.92. The van der Waals surface area contributed by atoms with Crippen molar-refractivity contribution in [2.24, 2.45) is 5.10 Å². The molecule has 0 bridgehead atoms. The molecule has 0 aliphatic rings. The van der Waals surface area contributed by atoms with E-state index in [1.54, 1.807) is 6.07 Å². The fraction of sp³-hybridized carbons (Fsp3) is 0.188. The van der Waals surface area contributed by atoms with Gasteiger partial charge in [0.15, 0.2) is 0 Å². The second kappa shape index (κ2) is 6.98. The Morgan fingerprint density at radius 1 is 1.14 bits per heavy atom. The molecular weight excluding hydrogens is 293 g/mol. The summed E-state index contributed by atoms with van der Waals surface area (Å²) < 4.78 is 43.1. The van der Waals surface area contributed by atoms with Crippen LogP contribution in [0.25, 0.3) is 0 Å². The first-order valence-corrected chi connectivity index (χ1v) is 6.68. The number of alkyl halides is 3. The fourth-order valence-corrected chi connectivity index (χ4v) is 1.80. The lowest BCUT2D eigenvalue weighted by Gasteiger charge is -2.08. The predicted octanol–water partition coefficient (Wildman–Crippen LogP) is 4.55. The zero-order valence-electron chi connectivity index (χ0n) is 11.9. The molecule has 2 aromatic carbocycles. The molecule has 0 unspecified atom stereocenters. The van der Waals surface area contributed by atoms with E-state index in [1.165, 1.54) is 18.3 Å². The average Bonchev–Trinajstić information content (AvgIpc) is 2.47. The van der Waals surface area contributed by atoms with Crippen LogP contribution in [0.1, 0.15) is 18.1 Å². The molecule has 0 heterocycles. The monoisotopic (exact) mass is 308 g/mol. The van der Waals surface area contributed by atoms with Gasteiger partial charge in [-0.2, -0.15) is 18.3 Å². The van der Waals surface area contributed by atoms with Crippen molar-refractivity contribution in [2.45, 2.75) is 13.1 Å². The Balaban J connectivity index is 2.05. The summed E-state index contributed by atoms with van der Waals surface area (Å²) in [6, 6.07) is 12.1. The van der Waals surface area contributed by atoms with Gasteiger partial charge in [-0.3, -0.25) is 5.43 Å². The number of benzene rings is 2. The van der Waals surface area contributed by atoms with E-state index in [9.17, 15) is 13.2 Å². The lowest BCUT2D eigenvalue weighted by atomic mass is 10.2. The molecule has 0 aliphatic carbocycles. The molecule has 116 valence electrons. The highest BCUT2D eigenvalue weighted by Crippen LogP contribution is 2.30. The van der Waals surface area contributed by atoms with Crippen LogP contribution < -0.4 is 10.2 Å². The van der Waals surface area contributed by atoms with Gasteiger partial charge in [0, 0.05) is 0 Å².